The van der Waals surface area contributed by atoms with Gasteiger partial charge in [-0.2, -0.15) is 0 Å². The Bertz CT molecular complexity index is 795. The number of benzene rings is 1. The number of anilines is 1. The lowest BCUT2D eigenvalue weighted by Crippen LogP contribution is -2.37. The zero-order valence-electron chi connectivity index (χ0n) is 14.2. The molecule has 144 valence electrons. The standard InChI is InChI=1S/C17H17F3N4O3/c18-17(19,20)27-13-3-1-2-12(10-13)16(25)22-11-14-21-5-4-15(23-14)24-6-8-26-9-7-24/h1-5,10H,6-9,11H2,(H,22,25). The van der Waals surface area contributed by atoms with Gasteiger partial charge in [0.15, 0.2) is 0 Å². The SMILES string of the molecule is O=C(NCc1nccc(N2CCOCC2)n1)c1cccc(OC(F)(F)F)c1. The van der Waals surface area contributed by atoms with Crippen molar-refractivity contribution in [1.82, 2.24) is 15.3 Å². The number of hydrogen-bond acceptors (Lipinski definition) is 6. The molecule has 0 atom stereocenters. The maximum atomic E-state index is 12.3. The molecule has 0 unspecified atom stereocenters. The van der Waals surface area contributed by atoms with Crippen LogP contribution in [0.2, 0.25) is 0 Å². The number of halogens is 3. The summed E-state index contributed by atoms with van der Waals surface area (Å²) in [4.78, 5) is 22.7. The van der Waals surface area contributed by atoms with Gasteiger partial charge in [0, 0.05) is 24.8 Å². The van der Waals surface area contributed by atoms with Crippen LogP contribution in [0.25, 0.3) is 0 Å². The molecule has 7 nitrogen and oxygen atoms in total. The van der Waals surface area contributed by atoms with Gasteiger partial charge in [0.25, 0.3) is 5.91 Å². The van der Waals surface area contributed by atoms with Crippen molar-refractivity contribution in [3.8, 4) is 5.75 Å². The van der Waals surface area contributed by atoms with Crippen molar-refractivity contribution in [3.63, 3.8) is 0 Å². The fourth-order valence-corrected chi connectivity index (χ4v) is 2.54. The summed E-state index contributed by atoms with van der Waals surface area (Å²) in [7, 11) is 0. The molecular weight excluding hydrogens is 365 g/mol. The zero-order valence-corrected chi connectivity index (χ0v) is 14.2. The Balaban J connectivity index is 1.61. The first-order valence-corrected chi connectivity index (χ1v) is 8.19. The summed E-state index contributed by atoms with van der Waals surface area (Å²) in [6, 6.07) is 6.62. The molecule has 1 saturated heterocycles. The molecule has 3 rings (SSSR count). The van der Waals surface area contributed by atoms with Crippen molar-refractivity contribution >= 4 is 11.7 Å². The number of nitrogens with one attached hydrogen (secondary N) is 1. The van der Waals surface area contributed by atoms with Gasteiger partial charge in [-0.15, -0.1) is 13.2 Å². The molecule has 1 aliphatic heterocycles. The summed E-state index contributed by atoms with van der Waals surface area (Å²) < 4.78 is 46.0. The molecule has 0 radical (unpaired) electrons. The molecule has 1 amide bonds. The van der Waals surface area contributed by atoms with E-state index in [0.29, 0.717) is 19.0 Å². The number of morpholine rings is 1. The summed E-state index contributed by atoms with van der Waals surface area (Å²) in [5.74, 6) is 0.122. The lowest BCUT2D eigenvalue weighted by Gasteiger charge is -2.27. The van der Waals surface area contributed by atoms with E-state index < -0.39 is 18.0 Å². The summed E-state index contributed by atoms with van der Waals surface area (Å²) in [6.45, 7) is 2.71. The summed E-state index contributed by atoms with van der Waals surface area (Å²) in [5, 5.41) is 2.59. The van der Waals surface area contributed by atoms with Crippen molar-refractivity contribution in [3.05, 3.63) is 47.9 Å². The van der Waals surface area contributed by atoms with Crippen LogP contribution in [0, 0.1) is 0 Å². The monoisotopic (exact) mass is 382 g/mol. The third-order valence-corrected chi connectivity index (χ3v) is 3.76. The van der Waals surface area contributed by atoms with Gasteiger partial charge in [-0.25, -0.2) is 9.97 Å². The van der Waals surface area contributed by atoms with Crippen LogP contribution in [0.15, 0.2) is 36.5 Å². The molecule has 1 aliphatic rings. The van der Waals surface area contributed by atoms with Crippen LogP contribution in [0.4, 0.5) is 19.0 Å². The number of alkyl halides is 3. The van der Waals surface area contributed by atoms with Crippen molar-refractivity contribution in [1.29, 1.82) is 0 Å². The lowest BCUT2D eigenvalue weighted by molar-refractivity contribution is -0.274. The van der Waals surface area contributed by atoms with Crippen LogP contribution in [0.5, 0.6) is 5.75 Å². The van der Waals surface area contributed by atoms with Gasteiger partial charge in [-0.05, 0) is 24.3 Å². The largest absolute Gasteiger partial charge is 0.573 e. The topological polar surface area (TPSA) is 76.6 Å². The minimum atomic E-state index is -4.82. The molecule has 0 aliphatic carbocycles. The summed E-state index contributed by atoms with van der Waals surface area (Å²) in [5.41, 5.74) is 0.0427. The van der Waals surface area contributed by atoms with Crippen LogP contribution in [-0.4, -0.2) is 48.5 Å². The highest BCUT2D eigenvalue weighted by Gasteiger charge is 2.31. The third-order valence-electron chi connectivity index (χ3n) is 3.76. The highest BCUT2D eigenvalue weighted by atomic mass is 19.4. The summed E-state index contributed by atoms with van der Waals surface area (Å²) in [6.07, 6.45) is -3.22. The fraction of sp³-hybridized carbons (Fsp3) is 0.353. The first-order valence-electron chi connectivity index (χ1n) is 8.19. The van der Waals surface area contributed by atoms with Crippen LogP contribution >= 0.6 is 0 Å². The van der Waals surface area contributed by atoms with Crippen molar-refractivity contribution in [2.24, 2.45) is 0 Å². The average Bonchev–Trinajstić information content (AvgIpc) is 2.66. The summed E-state index contributed by atoms with van der Waals surface area (Å²) >= 11 is 0. The van der Waals surface area contributed by atoms with Crippen LogP contribution in [0.3, 0.4) is 0 Å². The first kappa shape index (κ1) is 18.9. The van der Waals surface area contributed by atoms with Crippen molar-refractivity contribution < 1.29 is 27.4 Å². The predicted octanol–water partition coefficient (Wildman–Crippen LogP) is 2.14. The fourth-order valence-electron chi connectivity index (χ4n) is 2.54. The van der Waals surface area contributed by atoms with E-state index in [0.717, 1.165) is 31.0 Å². The van der Waals surface area contributed by atoms with Crippen LogP contribution in [0.1, 0.15) is 16.2 Å². The molecule has 1 aromatic heterocycles. The number of ether oxygens (including phenoxy) is 2. The number of rotatable bonds is 5. The molecule has 1 fully saturated rings. The Morgan fingerprint density at radius 3 is 2.78 bits per heavy atom. The predicted molar refractivity (Wildman–Crippen MR) is 89.4 cm³/mol. The van der Waals surface area contributed by atoms with Gasteiger partial charge >= 0.3 is 6.36 Å². The minimum Gasteiger partial charge on any atom is -0.406 e. The normalized spacial score (nSPS) is 14.7. The number of carbonyl (C=O) groups excluding carboxylic acids is 1. The van der Waals surface area contributed by atoms with Gasteiger partial charge in [-0.1, -0.05) is 6.07 Å². The van der Waals surface area contributed by atoms with E-state index >= 15 is 0 Å². The van der Waals surface area contributed by atoms with E-state index in [1.807, 2.05) is 0 Å². The molecule has 2 heterocycles. The molecule has 27 heavy (non-hydrogen) atoms. The second-order valence-electron chi connectivity index (χ2n) is 5.69. The molecule has 0 spiro atoms. The molecule has 2 aromatic rings. The molecule has 0 bridgehead atoms. The molecule has 10 heteroatoms. The highest BCUT2D eigenvalue weighted by Crippen LogP contribution is 2.23. The Morgan fingerprint density at radius 1 is 1.26 bits per heavy atom. The second kappa shape index (κ2) is 8.21. The average molecular weight is 382 g/mol. The third kappa shape index (κ3) is 5.55. The first-order chi connectivity index (χ1) is 12.9. The molecule has 1 N–H and O–H groups in total. The Morgan fingerprint density at radius 2 is 2.04 bits per heavy atom. The molecule has 0 saturated carbocycles. The van der Waals surface area contributed by atoms with E-state index in [9.17, 15) is 18.0 Å². The van der Waals surface area contributed by atoms with Crippen molar-refractivity contribution in [2.45, 2.75) is 12.9 Å². The van der Waals surface area contributed by atoms with Crippen LogP contribution in [-0.2, 0) is 11.3 Å². The number of amides is 1. The van der Waals surface area contributed by atoms with Crippen molar-refractivity contribution in [2.75, 3.05) is 31.2 Å². The van der Waals surface area contributed by atoms with Gasteiger partial charge in [0.2, 0.25) is 0 Å². The van der Waals surface area contributed by atoms with E-state index in [-0.39, 0.29) is 12.1 Å². The lowest BCUT2D eigenvalue weighted by atomic mass is 10.2. The van der Waals surface area contributed by atoms with Gasteiger partial charge < -0.3 is 19.7 Å². The number of hydrogen-bond donors (Lipinski definition) is 1. The molecule has 1 aromatic carbocycles. The Labute approximate surface area is 153 Å². The highest BCUT2D eigenvalue weighted by molar-refractivity contribution is 5.94. The van der Waals surface area contributed by atoms with Crippen LogP contribution < -0.4 is 15.0 Å². The Kier molecular flexibility index (Phi) is 5.75. The van der Waals surface area contributed by atoms with E-state index in [2.05, 4.69) is 24.9 Å². The zero-order chi connectivity index (χ0) is 19.3. The number of nitrogens with zero attached hydrogens (tertiary/aromatic N) is 3. The van der Waals surface area contributed by atoms with Gasteiger partial charge in [0.05, 0.1) is 19.8 Å². The second-order valence-corrected chi connectivity index (χ2v) is 5.69. The minimum absolute atomic E-state index is 0.0427. The molecular formula is C17H17F3N4O3. The van der Waals surface area contributed by atoms with E-state index in [4.69, 9.17) is 4.74 Å². The van der Waals surface area contributed by atoms with Gasteiger partial charge in [0.1, 0.15) is 17.4 Å². The maximum Gasteiger partial charge on any atom is 0.573 e. The van der Waals surface area contributed by atoms with E-state index in [1.54, 1.807) is 12.3 Å². The van der Waals surface area contributed by atoms with E-state index in [1.165, 1.54) is 12.1 Å². The van der Waals surface area contributed by atoms with Gasteiger partial charge in [-0.3, -0.25) is 4.79 Å². The number of carbonyl (C=O) groups is 1. The smallest absolute Gasteiger partial charge is 0.406 e. The maximum absolute atomic E-state index is 12.3. The Hall–Kier alpha value is -2.88. The quantitative estimate of drug-likeness (QED) is 0.854. The number of aromatic nitrogens is 2.